The van der Waals surface area contributed by atoms with Crippen molar-refractivity contribution in [1.29, 1.82) is 0 Å². The van der Waals surface area contributed by atoms with Gasteiger partial charge in [0.15, 0.2) is 14.5 Å². The Kier molecular flexibility index (Phi) is 5.69. The summed E-state index contributed by atoms with van der Waals surface area (Å²) in [6.45, 7) is 15.1. The molecule has 1 heterocycles. The fourth-order valence-electron chi connectivity index (χ4n) is 2.28. The van der Waals surface area contributed by atoms with Gasteiger partial charge in [0.2, 0.25) is 0 Å². The van der Waals surface area contributed by atoms with E-state index in [0.717, 1.165) is 4.90 Å². The van der Waals surface area contributed by atoms with Crippen LogP contribution >= 0.6 is 0 Å². The summed E-state index contributed by atoms with van der Waals surface area (Å²) in [4.78, 5) is 24.3. The zero-order chi connectivity index (χ0) is 18.2. The molecule has 0 aromatic carbocycles. The Labute approximate surface area is 139 Å². The number of halogens is 1. The summed E-state index contributed by atoms with van der Waals surface area (Å²) >= 11 is 0. The van der Waals surface area contributed by atoms with Crippen LogP contribution in [-0.2, 0) is 14.0 Å². The van der Waals surface area contributed by atoms with Gasteiger partial charge in [0.1, 0.15) is 6.04 Å². The molecule has 7 heteroatoms. The highest BCUT2D eigenvalue weighted by Crippen LogP contribution is 2.38. The molecule has 5 nitrogen and oxygen atoms in total. The summed E-state index contributed by atoms with van der Waals surface area (Å²) in [5, 5.41) is 9.27. The Morgan fingerprint density at radius 1 is 1.35 bits per heavy atom. The van der Waals surface area contributed by atoms with Crippen LogP contribution in [0.3, 0.4) is 0 Å². The van der Waals surface area contributed by atoms with Crippen molar-refractivity contribution in [3.63, 3.8) is 0 Å². The Bertz CT molecular complexity index is 473. The maximum atomic E-state index is 13.6. The van der Waals surface area contributed by atoms with Crippen molar-refractivity contribution in [3.8, 4) is 0 Å². The zero-order valence-electron chi connectivity index (χ0n) is 15.3. The molecule has 2 atom stereocenters. The molecule has 1 amide bonds. The van der Waals surface area contributed by atoms with Crippen LogP contribution in [0.25, 0.3) is 0 Å². The minimum Gasteiger partial charge on any atom is -0.480 e. The third-order valence-electron chi connectivity index (χ3n) is 4.87. The van der Waals surface area contributed by atoms with Crippen molar-refractivity contribution in [1.82, 2.24) is 4.90 Å². The number of rotatable bonds is 6. The van der Waals surface area contributed by atoms with Gasteiger partial charge in [0, 0.05) is 25.0 Å². The molecule has 0 aromatic heterocycles. The summed E-state index contributed by atoms with van der Waals surface area (Å²) in [6.07, 6.45) is -1.99. The summed E-state index contributed by atoms with van der Waals surface area (Å²) in [5.41, 5.74) is -0.442. The van der Waals surface area contributed by atoms with Gasteiger partial charge in [-0.3, -0.25) is 4.79 Å². The lowest BCUT2D eigenvalue weighted by Crippen LogP contribution is -2.48. The van der Waals surface area contributed by atoms with Gasteiger partial charge in [-0.1, -0.05) is 34.6 Å². The van der Waals surface area contributed by atoms with Crippen molar-refractivity contribution in [2.24, 2.45) is 5.41 Å². The lowest BCUT2D eigenvalue weighted by molar-refractivity contribution is -0.147. The summed E-state index contributed by atoms with van der Waals surface area (Å²) < 4.78 is 19.8. The molecule has 1 fully saturated rings. The van der Waals surface area contributed by atoms with E-state index in [1.165, 1.54) is 0 Å². The van der Waals surface area contributed by atoms with Crippen LogP contribution < -0.4 is 0 Å². The van der Waals surface area contributed by atoms with E-state index in [4.69, 9.17) is 4.43 Å². The van der Waals surface area contributed by atoms with E-state index in [1.54, 1.807) is 0 Å². The molecule has 0 aliphatic carbocycles. The van der Waals surface area contributed by atoms with Gasteiger partial charge < -0.3 is 14.4 Å². The van der Waals surface area contributed by atoms with E-state index >= 15 is 0 Å². The van der Waals surface area contributed by atoms with E-state index in [2.05, 4.69) is 33.9 Å². The van der Waals surface area contributed by atoms with E-state index in [0.29, 0.717) is 6.61 Å². The van der Waals surface area contributed by atoms with E-state index in [-0.39, 0.29) is 18.0 Å². The first kappa shape index (κ1) is 20.1. The molecular weight excluding hydrogens is 317 g/mol. The quantitative estimate of drug-likeness (QED) is 0.750. The molecule has 23 heavy (non-hydrogen) atoms. The lowest BCUT2D eigenvalue weighted by Gasteiger charge is -2.40. The molecule has 1 saturated heterocycles. The summed E-state index contributed by atoms with van der Waals surface area (Å²) in [5.74, 6) is -1.88. The Morgan fingerprint density at radius 2 is 1.87 bits per heavy atom. The standard InChI is InChI=1S/C16H30FNO4Si/c1-15(2,3)23(6,7)22-10-16(4,5)9-18-12(14(20)21)8-11(17)13(18)19/h11-12H,8-10H2,1-7H3,(H,20,21)/t11-,12+/m1/s1. The number of carbonyl (C=O) groups excluding carboxylic acids is 1. The van der Waals surface area contributed by atoms with Gasteiger partial charge >= 0.3 is 5.97 Å². The number of hydrogen-bond acceptors (Lipinski definition) is 3. The van der Waals surface area contributed by atoms with Crippen molar-refractivity contribution in [3.05, 3.63) is 0 Å². The van der Waals surface area contributed by atoms with Gasteiger partial charge in [-0.05, 0) is 18.1 Å². The van der Waals surface area contributed by atoms with E-state index in [1.807, 2.05) is 13.8 Å². The molecule has 1 N–H and O–H groups in total. The third kappa shape index (κ3) is 4.76. The monoisotopic (exact) mass is 347 g/mol. The average Bonchev–Trinajstić information content (AvgIpc) is 2.63. The Morgan fingerprint density at radius 3 is 2.30 bits per heavy atom. The zero-order valence-corrected chi connectivity index (χ0v) is 16.3. The maximum absolute atomic E-state index is 13.6. The number of carbonyl (C=O) groups is 2. The van der Waals surface area contributed by atoms with Gasteiger partial charge in [-0.15, -0.1) is 0 Å². The summed E-state index contributed by atoms with van der Waals surface area (Å²) in [6, 6.07) is -1.08. The van der Waals surface area contributed by atoms with Crippen molar-refractivity contribution < 1.29 is 23.5 Å². The molecule has 0 spiro atoms. The fourth-order valence-corrected chi connectivity index (χ4v) is 3.46. The van der Waals surface area contributed by atoms with Crippen molar-refractivity contribution in [2.75, 3.05) is 13.2 Å². The number of amides is 1. The maximum Gasteiger partial charge on any atom is 0.326 e. The second-order valence-corrected chi connectivity index (χ2v) is 13.5. The van der Waals surface area contributed by atoms with E-state index < -0.39 is 37.8 Å². The lowest BCUT2D eigenvalue weighted by atomic mass is 9.94. The Hall–Kier alpha value is -0.953. The van der Waals surface area contributed by atoms with Crippen LogP contribution in [0.5, 0.6) is 0 Å². The fraction of sp³-hybridized carbons (Fsp3) is 0.875. The SMILES string of the molecule is CC(C)(CO[Si](C)(C)C(C)(C)C)CN1C(=O)[C@H](F)C[C@H]1C(=O)O. The first-order valence-corrected chi connectivity index (χ1v) is 10.9. The number of carboxylic acids is 1. The van der Waals surface area contributed by atoms with Crippen molar-refractivity contribution in [2.45, 2.75) is 71.4 Å². The molecule has 1 rings (SSSR count). The second kappa shape index (κ2) is 6.51. The van der Waals surface area contributed by atoms with E-state index in [9.17, 15) is 19.1 Å². The van der Waals surface area contributed by atoms with Crippen LogP contribution in [0.1, 0.15) is 41.0 Å². The molecule has 0 unspecified atom stereocenters. The smallest absolute Gasteiger partial charge is 0.326 e. The van der Waals surface area contributed by atoms with Crippen molar-refractivity contribution >= 4 is 20.2 Å². The third-order valence-corrected chi connectivity index (χ3v) is 9.35. The Balaban J connectivity index is 2.77. The summed E-state index contributed by atoms with van der Waals surface area (Å²) in [7, 11) is -1.93. The molecule has 1 aliphatic heterocycles. The topological polar surface area (TPSA) is 66.8 Å². The molecule has 0 aromatic rings. The number of carboxylic acid groups (broad SMARTS) is 1. The van der Waals surface area contributed by atoms with Gasteiger partial charge in [0.25, 0.3) is 5.91 Å². The first-order chi connectivity index (χ1) is 10.2. The highest BCUT2D eigenvalue weighted by atomic mass is 28.4. The van der Waals surface area contributed by atoms with Crippen LogP contribution in [0.4, 0.5) is 4.39 Å². The molecule has 0 saturated carbocycles. The first-order valence-electron chi connectivity index (χ1n) is 7.99. The van der Waals surface area contributed by atoms with Crippen LogP contribution in [-0.4, -0.2) is 55.6 Å². The number of aliphatic carboxylic acids is 1. The minimum atomic E-state index is -1.93. The number of alkyl halides is 1. The molecule has 0 radical (unpaired) electrons. The molecule has 134 valence electrons. The van der Waals surface area contributed by atoms with Gasteiger partial charge in [-0.2, -0.15) is 0 Å². The molecular formula is C16H30FNO4Si. The normalized spacial score (nSPS) is 23.5. The predicted octanol–water partition coefficient (Wildman–Crippen LogP) is 3.06. The number of hydrogen-bond donors (Lipinski definition) is 1. The highest BCUT2D eigenvalue weighted by molar-refractivity contribution is 6.74. The predicted molar refractivity (Wildman–Crippen MR) is 89.6 cm³/mol. The number of nitrogens with zero attached hydrogens (tertiary/aromatic N) is 1. The minimum absolute atomic E-state index is 0.0696. The molecule has 0 bridgehead atoms. The average molecular weight is 348 g/mol. The molecule has 1 aliphatic rings. The van der Waals surface area contributed by atoms with Crippen LogP contribution in [0, 0.1) is 5.41 Å². The second-order valence-electron chi connectivity index (χ2n) is 8.74. The largest absolute Gasteiger partial charge is 0.480 e. The van der Waals surface area contributed by atoms with Crippen LogP contribution in [0.2, 0.25) is 18.1 Å². The number of likely N-dealkylation sites (tertiary alicyclic amines) is 1. The highest BCUT2D eigenvalue weighted by Gasteiger charge is 2.46. The van der Waals surface area contributed by atoms with Crippen LogP contribution in [0.15, 0.2) is 0 Å². The van der Waals surface area contributed by atoms with Gasteiger partial charge in [-0.25, -0.2) is 9.18 Å². The van der Waals surface area contributed by atoms with Gasteiger partial charge in [0.05, 0.1) is 0 Å².